The number of hydrogen-bond donors (Lipinski definition) is 0. The molecule has 6 aromatic carbocycles. The Labute approximate surface area is 383 Å². The molecule has 2 heteroatoms. The van der Waals surface area contributed by atoms with Crippen molar-refractivity contribution in [3.8, 4) is 33.8 Å². The fraction of sp³-hybridized carbons (Fsp3) is 0.419. The lowest BCUT2D eigenvalue weighted by molar-refractivity contribution is -0.0452. The van der Waals surface area contributed by atoms with Gasteiger partial charge in [0.2, 0.25) is 0 Å². The van der Waals surface area contributed by atoms with Gasteiger partial charge in [-0.05, 0) is 196 Å². The van der Waals surface area contributed by atoms with Crippen LogP contribution >= 0.6 is 0 Å². The van der Waals surface area contributed by atoms with Crippen molar-refractivity contribution >= 4 is 17.1 Å². The van der Waals surface area contributed by atoms with Crippen molar-refractivity contribution in [2.24, 2.45) is 23.7 Å². The van der Waals surface area contributed by atoms with E-state index in [0.717, 1.165) is 23.3 Å². The van der Waals surface area contributed by atoms with Crippen molar-refractivity contribution in [2.75, 3.05) is 4.90 Å². The van der Waals surface area contributed by atoms with E-state index in [2.05, 4.69) is 188 Å². The summed E-state index contributed by atoms with van der Waals surface area (Å²) in [5.41, 5.74) is 18.1. The number of ether oxygens (including phenoxy) is 1. The van der Waals surface area contributed by atoms with E-state index >= 15 is 0 Å². The molecular weight excluding hydrogens is 775 g/mol. The lowest BCUT2D eigenvalue weighted by Crippen LogP contribution is -2.57. The zero-order chi connectivity index (χ0) is 44.0. The van der Waals surface area contributed by atoms with Crippen LogP contribution in [-0.4, -0.2) is 0 Å². The molecule has 4 fully saturated rings. The van der Waals surface area contributed by atoms with Gasteiger partial charge in [0.15, 0.2) is 0 Å². The van der Waals surface area contributed by atoms with Crippen LogP contribution < -0.4 is 9.64 Å². The summed E-state index contributed by atoms with van der Waals surface area (Å²) >= 11 is 0. The van der Waals surface area contributed by atoms with Gasteiger partial charge in [0.05, 0.1) is 0 Å². The van der Waals surface area contributed by atoms with E-state index < -0.39 is 0 Å². The van der Waals surface area contributed by atoms with Gasteiger partial charge in [0, 0.05) is 33.6 Å². The van der Waals surface area contributed by atoms with Crippen LogP contribution in [0.4, 0.5) is 17.1 Å². The van der Waals surface area contributed by atoms with Gasteiger partial charge in [-0.1, -0.05) is 134 Å². The molecule has 6 aliphatic carbocycles. The number of rotatable bonds is 5. The smallest absolute Gasteiger partial charge is 0.131 e. The largest absolute Gasteiger partial charge is 0.457 e. The number of benzene rings is 6. The highest BCUT2D eigenvalue weighted by atomic mass is 16.5. The molecule has 0 atom stereocenters. The van der Waals surface area contributed by atoms with Gasteiger partial charge < -0.3 is 9.64 Å². The maximum Gasteiger partial charge on any atom is 0.131 e. The number of nitrogens with zero attached hydrogens (tertiary/aromatic N) is 1. The first-order valence-electron chi connectivity index (χ1n) is 24.8. The van der Waals surface area contributed by atoms with Crippen LogP contribution in [0.1, 0.15) is 147 Å². The molecule has 326 valence electrons. The van der Waals surface area contributed by atoms with Crippen molar-refractivity contribution in [1.82, 2.24) is 0 Å². The van der Waals surface area contributed by atoms with E-state index in [0.29, 0.717) is 11.8 Å². The van der Waals surface area contributed by atoms with E-state index in [4.69, 9.17) is 4.74 Å². The third-order valence-electron chi connectivity index (χ3n) is 18.2. The molecule has 0 aromatic heterocycles. The van der Waals surface area contributed by atoms with Gasteiger partial charge in [-0.3, -0.25) is 0 Å². The summed E-state index contributed by atoms with van der Waals surface area (Å²) in [5.74, 6) is 5.14. The number of hydrogen-bond acceptors (Lipinski definition) is 2. The number of fused-ring (bicyclic) bond motifs is 4. The Balaban J connectivity index is 1.03. The molecule has 0 N–H and O–H groups in total. The minimum atomic E-state index is -0.0314. The molecule has 1 aliphatic heterocycles. The molecule has 1 heterocycles. The van der Waals surface area contributed by atoms with Crippen LogP contribution in [0, 0.1) is 23.7 Å². The van der Waals surface area contributed by atoms with Crippen LogP contribution in [-0.2, 0) is 27.1 Å². The third-order valence-corrected chi connectivity index (χ3v) is 18.2. The van der Waals surface area contributed by atoms with Crippen molar-refractivity contribution in [3.63, 3.8) is 0 Å². The lowest BCUT2D eigenvalue weighted by atomic mass is 9.42. The van der Waals surface area contributed by atoms with Crippen LogP contribution in [0.2, 0.25) is 0 Å². The van der Waals surface area contributed by atoms with Crippen molar-refractivity contribution < 1.29 is 4.74 Å². The number of anilines is 3. The first-order valence-corrected chi connectivity index (χ1v) is 24.8. The Morgan fingerprint density at radius 2 is 0.828 bits per heavy atom. The molecule has 1 spiro atoms. The molecule has 0 unspecified atom stereocenters. The lowest BCUT2D eigenvalue weighted by Gasteiger charge is -2.63. The predicted octanol–water partition coefficient (Wildman–Crippen LogP) is 17.0. The molecule has 6 aromatic rings. The van der Waals surface area contributed by atoms with Gasteiger partial charge in [0.1, 0.15) is 11.5 Å². The Morgan fingerprint density at radius 3 is 1.36 bits per heavy atom. The van der Waals surface area contributed by atoms with Crippen LogP contribution in [0.3, 0.4) is 0 Å². The molecule has 13 rings (SSSR count). The maximum atomic E-state index is 6.94. The molecule has 64 heavy (non-hydrogen) atoms. The second-order valence-corrected chi connectivity index (χ2v) is 23.9. The zero-order valence-electron chi connectivity index (χ0n) is 39.7. The van der Waals surface area contributed by atoms with E-state index in [1.165, 1.54) is 130 Å². The SMILES string of the molecule is CC1(C)CCC(C)(C)c2cc(-c3cccc(N(c4cccc(-c5ccc6c(c5)C(C)(C)CCC6(C)C)c4)c4ccc5c(c4)C4(c6ccccc6O5)C5CC6CC(C5)CC4C6)c3)ccc21. The fourth-order valence-electron chi connectivity index (χ4n) is 14.7. The summed E-state index contributed by atoms with van der Waals surface area (Å²) in [6.07, 6.45) is 11.6. The van der Waals surface area contributed by atoms with Crippen LogP contribution in [0.25, 0.3) is 22.3 Å². The van der Waals surface area contributed by atoms with Crippen molar-refractivity contribution in [2.45, 2.75) is 140 Å². The molecule has 0 radical (unpaired) electrons. The Hall–Kier alpha value is -5.08. The van der Waals surface area contributed by atoms with Gasteiger partial charge in [-0.25, -0.2) is 0 Å². The van der Waals surface area contributed by atoms with Crippen molar-refractivity contribution in [3.05, 3.63) is 161 Å². The second-order valence-electron chi connectivity index (χ2n) is 23.9. The maximum absolute atomic E-state index is 6.94. The van der Waals surface area contributed by atoms with E-state index in [9.17, 15) is 0 Å². The zero-order valence-corrected chi connectivity index (χ0v) is 39.7. The highest BCUT2D eigenvalue weighted by molar-refractivity contribution is 5.84. The minimum absolute atomic E-state index is 0.0314. The monoisotopic (exact) mass is 842 g/mol. The van der Waals surface area contributed by atoms with E-state index in [1.54, 1.807) is 0 Å². The highest BCUT2D eigenvalue weighted by Gasteiger charge is 2.61. The van der Waals surface area contributed by atoms with Gasteiger partial charge in [-0.15, -0.1) is 0 Å². The molecule has 7 aliphatic rings. The average Bonchev–Trinajstić information content (AvgIpc) is 3.28. The molecule has 4 saturated carbocycles. The van der Waals surface area contributed by atoms with Crippen LogP contribution in [0.5, 0.6) is 11.5 Å². The average molecular weight is 842 g/mol. The molecule has 0 amide bonds. The molecule has 4 bridgehead atoms. The second kappa shape index (κ2) is 14.0. The first kappa shape index (κ1) is 40.4. The van der Waals surface area contributed by atoms with E-state index in [-0.39, 0.29) is 27.1 Å². The standard InChI is InChI=1S/C62H67NO/c1-58(2)25-27-60(5,6)53-36-43(19-22-50(53)58)41-13-11-15-47(34-41)63(48-16-12-14-42(35-48)44-20-23-51-54(37-44)61(7,8)28-26-59(51,3)4)49-21-24-57-55(38-49)62(52-17-9-10-18-56(52)64-57)45-30-39-29-40(32-45)33-46(62)31-39/h9-24,34-40,45-46H,25-33H2,1-8H3. The van der Waals surface area contributed by atoms with Gasteiger partial charge in [0.25, 0.3) is 0 Å². The van der Waals surface area contributed by atoms with Crippen molar-refractivity contribution in [1.29, 1.82) is 0 Å². The van der Waals surface area contributed by atoms with Crippen LogP contribution in [0.15, 0.2) is 127 Å². The topological polar surface area (TPSA) is 12.5 Å². The summed E-state index contributed by atoms with van der Waals surface area (Å²) in [7, 11) is 0. The molecular formula is C62H67NO. The first-order chi connectivity index (χ1) is 30.6. The Bertz CT molecular complexity index is 2700. The molecule has 0 saturated heterocycles. The Morgan fingerprint density at radius 1 is 0.375 bits per heavy atom. The quantitative estimate of drug-likeness (QED) is 0.171. The summed E-state index contributed by atoms with van der Waals surface area (Å²) in [6, 6.07) is 49.7. The fourth-order valence-corrected chi connectivity index (χ4v) is 14.7. The minimum Gasteiger partial charge on any atom is -0.457 e. The summed E-state index contributed by atoms with van der Waals surface area (Å²) in [5, 5.41) is 0. The number of para-hydroxylation sites is 1. The highest BCUT2D eigenvalue weighted by Crippen LogP contribution is 2.69. The van der Waals surface area contributed by atoms with Gasteiger partial charge in [-0.2, -0.15) is 0 Å². The Kier molecular flexibility index (Phi) is 8.82. The third kappa shape index (κ3) is 6.09. The summed E-state index contributed by atoms with van der Waals surface area (Å²) in [4.78, 5) is 2.55. The predicted molar refractivity (Wildman–Crippen MR) is 267 cm³/mol. The van der Waals surface area contributed by atoms with Gasteiger partial charge >= 0.3 is 0 Å². The molecule has 2 nitrogen and oxygen atoms in total. The summed E-state index contributed by atoms with van der Waals surface area (Å²) < 4.78 is 6.94. The van der Waals surface area contributed by atoms with E-state index in [1.807, 2.05) is 0 Å². The normalized spacial score (nSPS) is 26.9. The summed E-state index contributed by atoms with van der Waals surface area (Å²) in [6.45, 7) is 19.5.